The van der Waals surface area contributed by atoms with Gasteiger partial charge in [-0.05, 0) is 36.9 Å². The van der Waals surface area contributed by atoms with Crippen LogP contribution in [0.2, 0.25) is 5.02 Å². The molecule has 21 heavy (non-hydrogen) atoms. The van der Waals surface area contributed by atoms with E-state index < -0.39 is 5.82 Å². The van der Waals surface area contributed by atoms with Crippen molar-refractivity contribution in [1.82, 2.24) is 9.88 Å². The molecule has 0 aliphatic rings. The van der Waals surface area contributed by atoms with E-state index in [1.165, 1.54) is 12.1 Å². The van der Waals surface area contributed by atoms with Gasteiger partial charge in [0.15, 0.2) is 5.78 Å². The highest BCUT2D eigenvalue weighted by atomic mass is 35.5. The van der Waals surface area contributed by atoms with Crippen molar-refractivity contribution in [2.24, 2.45) is 0 Å². The first kappa shape index (κ1) is 15.6. The quantitative estimate of drug-likeness (QED) is 0.765. The summed E-state index contributed by atoms with van der Waals surface area (Å²) in [5.41, 5.74) is 1.44. The van der Waals surface area contributed by atoms with Gasteiger partial charge in [-0.3, -0.25) is 9.78 Å². The molecule has 2 aromatic rings. The molecule has 0 saturated heterocycles. The number of halogens is 2. The van der Waals surface area contributed by atoms with Gasteiger partial charge in [0.2, 0.25) is 0 Å². The maximum Gasteiger partial charge on any atom is 0.182 e. The lowest BCUT2D eigenvalue weighted by Crippen LogP contribution is -2.21. The summed E-state index contributed by atoms with van der Waals surface area (Å²) in [6.45, 7) is 1.35. The van der Waals surface area contributed by atoms with Crippen LogP contribution in [0.4, 0.5) is 4.39 Å². The summed E-state index contributed by atoms with van der Waals surface area (Å²) in [6.07, 6.45) is 1.41. The van der Waals surface area contributed by atoms with Crippen LogP contribution in [-0.2, 0) is 6.54 Å². The monoisotopic (exact) mass is 306 g/mol. The molecule has 1 heterocycles. The molecule has 0 saturated carbocycles. The lowest BCUT2D eigenvalue weighted by molar-refractivity contribution is 0.0963. The minimum absolute atomic E-state index is 0.0852. The number of hydrogen-bond donors (Lipinski definition) is 0. The Morgan fingerprint density at radius 1 is 1.24 bits per heavy atom. The highest BCUT2D eigenvalue weighted by molar-refractivity contribution is 6.30. The lowest BCUT2D eigenvalue weighted by Gasteiger charge is -2.16. The second-order valence-electron chi connectivity index (χ2n) is 4.90. The Kier molecular flexibility index (Phi) is 5.42. The topological polar surface area (TPSA) is 33.2 Å². The summed E-state index contributed by atoms with van der Waals surface area (Å²) in [6, 6.07) is 10.3. The summed E-state index contributed by atoms with van der Waals surface area (Å²) in [4.78, 5) is 17.8. The number of carbonyl (C=O) groups excluding carboxylic acids is 1. The Morgan fingerprint density at radius 2 is 1.95 bits per heavy atom. The van der Waals surface area contributed by atoms with E-state index in [2.05, 4.69) is 4.98 Å². The predicted octanol–water partition coefficient (Wildman–Crippen LogP) is 3.58. The number of benzene rings is 1. The minimum atomic E-state index is -0.439. The number of Topliss-reactive ketones (excluding diaryl/α,β-unsaturated/α-hetero) is 1. The smallest absolute Gasteiger partial charge is 0.182 e. The van der Waals surface area contributed by atoms with Crippen LogP contribution in [0.3, 0.4) is 0 Å². The molecule has 110 valence electrons. The number of pyridine rings is 1. The predicted molar refractivity (Wildman–Crippen MR) is 80.9 cm³/mol. The van der Waals surface area contributed by atoms with Crippen LogP contribution >= 0.6 is 11.6 Å². The van der Waals surface area contributed by atoms with Crippen LogP contribution in [0.5, 0.6) is 0 Å². The second kappa shape index (κ2) is 7.29. The first-order chi connectivity index (χ1) is 10.0. The minimum Gasteiger partial charge on any atom is -0.302 e. The average molecular weight is 307 g/mol. The number of hydrogen-bond acceptors (Lipinski definition) is 3. The molecule has 1 aromatic carbocycles. The van der Waals surface area contributed by atoms with Crippen molar-refractivity contribution in [3.05, 3.63) is 64.7 Å². The van der Waals surface area contributed by atoms with Gasteiger partial charge in [0, 0.05) is 24.5 Å². The average Bonchev–Trinajstić information content (AvgIpc) is 2.48. The summed E-state index contributed by atoms with van der Waals surface area (Å²) in [5.74, 6) is -0.524. The zero-order valence-electron chi connectivity index (χ0n) is 11.7. The maximum absolute atomic E-state index is 12.7. The molecule has 0 N–H and O–H groups in total. The van der Waals surface area contributed by atoms with Gasteiger partial charge in [0.05, 0.1) is 6.20 Å². The number of aromatic nitrogens is 1. The van der Waals surface area contributed by atoms with E-state index in [9.17, 15) is 9.18 Å². The van der Waals surface area contributed by atoms with Crippen LogP contribution in [0.1, 0.15) is 22.5 Å². The molecule has 0 fully saturated rings. The largest absolute Gasteiger partial charge is 0.302 e. The Labute approximate surface area is 128 Å². The zero-order chi connectivity index (χ0) is 15.2. The Hall–Kier alpha value is -1.78. The van der Waals surface area contributed by atoms with Gasteiger partial charge in [0.1, 0.15) is 11.5 Å². The van der Waals surface area contributed by atoms with Crippen LogP contribution in [0.15, 0.2) is 42.6 Å². The van der Waals surface area contributed by atoms with E-state index in [4.69, 9.17) is 11.6 Å². The SMILES string of the molecule is CN(CCC(=O)c1ccc(F)cn1)Cc1ccc(Cl)cc1. The van der Waals surface area contributed by atoms with Crippen molar-refractivity contribution in [3.8, 4) is 0 Å². The molecular weight excluding hydrogens is 291 g/mol. The second-order valence-corrected chi connectivity index (χ2v) is 5.34. The summed E-state index contributed by atoms with van der Waals surface area (Å²) in [7, 11) is 1.94. The van der Waals surface area contributed by atoms with Crippen molar-refractivity contribution < 1.29 is 9.18 Å². The standard InChI is InChI=1S/C16H16ClFN2O/c1-20(11-12-2-4-13(17)5-3-12)9-8-16(21)15-7-6-14(18)10-19-15/h2-7,10H,8-9,11H2,1H3. The molecule has 1 aromatic heterocycles. The molecule has 0 aliphatic carbocycles. The molecular formula is C16H16ClFN2O. The maximum atomic E-state index is 12.7. The summed E-state index contributed by atoms with van der Waals surface area (Å²) < 4.78 is 12.7. The van der Waals surface area contributed by atoms with Crippen molar-refractivity contribution >= 4 is 17.4 Å². The number of nitrogens with zero attached hydrogens (tertiary/aromatic N) is 2. The summed E-state index contributed by atoms with van der Waals surface area (Å²) in [5, 5.41) is 0.707. The van der Waals surface area contributed by atoms with Gasteiger partial charge in [-0.1, -0.05) is 23.7 Å². The zero-order valence-corrected chi connectivity index (χ0v) is 12.5. The van der Waals surface area contributed by atoms with Gasteiger partial charge in [0.25, 0.3) is 0 Å². The molecule has 0 amide bonds. The fraction of sp³-hybridized carbons (Fsp3) is 0.250. The van der Waals surface area contributed by atoms with Gasteiger partial charge >= 0.3 is 0 Å². The van der Waals surface area contributed by atoms with Crippen LogP contribution < -0.4 is 0 Å². The summed E-state index contributed by atoms with van der Waals surface area (Å²) >= 11 is 5.84. The Balaban J connectivity index is 1.83. The lowest BCUT2D eigenvalue weighted by atomic mass is 10.1. The van der Waals surface area contributed by atoms with Crippen LogP contribution in [0, 0.1) is 5.82 Å². The van der Waals surface area contributed by atoms with Gasteiger partial charge in [-0.25, -0.2) is 4.39 Å². The van der Waals surface area contributed by atoms with E-state index in [0.717, 1.165) is 18.3 Å². The molecule has 0 radical (unpaired) electrons. The molecule has 0 atom stereocenters. The van der Waals surface area contributed by atoms with Crippen LogP contribution in [0.25, 0.3) is 0 Å². The van der Waals surface area contributed by atoms with Gasteiger partial charge in [-0.2, -0.15) is 0 Å². The van der Waals surface area contributed by atoms with E-state index in [1.54, 1.807) is 0 Å². The molecule has 0 bridgehead atoms. The normalized spacial score (nSPS) is 10.9. The third-order valence-electron chi connectivity index (χ3n) is 3.10. The number of carbonyl (C=O) groups is 1. The highest BCUT2D eigenvalue weighted by Gasteiger charge is 2.09. The number of ketones is 1. The van der Waals surface area contributed by atoms with Gasteiger partial charge in [-0.15, -0.1) is 0 Å². The van der Waals surface area contributed by atoms with Crippen molar-refractivity contribution in [1.29, 1.82) is 0 Å². The van der Waals surface area contributed by atoms with E-state index in [-0.39, 0.29) is 5.78 Å². The first-order valence-electron chi connectivity index (χ1n) is 6.62. The Bertz CT molecular complexity index is 599. The third-order valence-corrected chi connectivity index (χ3v) is 3.35. The molecule has 3 nitrogen and oxygen atoms in total. The van der Waals surface area contributed by atoms with Crippen LogP contribution in [-0.4, -0.2) is 29.3 Å². The molecule has 0 aliphatic heterocycles. The Morgan fingerprint density at radius 3 is 2.57 bits per heavy atom. The van der Waals surface area contributed by atoms with Gasteiger partial charge < -0.3 is 4.90 Å². The molecule has 0 spiro atoms. The molecule has 5 heteroatoms. The van der Waals surface area contributed by atoms with E-state index in [0.29, 0.717) is 23.7 Å². The first-order valence-corrected chi connectivity index (χ1v) is 7.00. The fourth-order valence-corrected chi connectivity index (χ4v) is 2.07. The third kappa shape index (κ3) is 4.92. The van der Waals surface area contributed by atoms with Crippen molar-refractivity contribution in [2.45, 2.75) is 13.0 Å². The molecule has 0 unspecified atom stereocenters. The van der Waals surface area contributed by atoms with Crippen molar-refractivity contribution in [2.75, 3.05) is 13.6 Å². The van der Waals surface area contributed by atoms with E-state index >= 15 is 0 Å². The highest BCUT2D eigenvalue weighted by Crippen LogP contribution is 2.11. The fourth-order valence-electron chi connectivity index (χ4n) is 1.94. The van der Waals surface area contributed by atoms with E-state index in [1.807, 2.05) is 36.2 Å². The molecule has 2 rings (SSSR count). The van der Waals surface area contributed by atoms with Crippen molar-refractivity contribution in [3.63, 3.8) is 0 Å². The number of rotatable bonds is 6.